The van der Waals surface area contributed by atoms with Gasteiger partial charge >= 0.3 is 0 Å². The largest absolute Gasteiger partial charge is 0.497 e. The highest BCUT2D eigenvalue weighted by Crippen LogP contribution is 2.36. The molecular formula is C31H34N2O2. The highest BCUT2D eigenvalue weighted by atomic mass is 16.5. The van der Waals surface area contributed by atoms with E-state index in [-0.39, 0.29) is 6.10 Å². The number of ether oxygens (including phenoxy) is 2. The third kappa shape index (κ3) is 6.16. The summed E-state index contributed by atoms with van der Waals surface area (Å²) in [5, 5.41) is 3.50. The van der Waals surface area contributed by atoms with E-state index < -0.39 is 5.66 Å². The van der Waals surface area contributed by atoms with E-state index >= 15 is 0 Å². The molecule has 1 fully saturated rings. The quantitative estimate of drug-likeness (QED) is 0.267. The number of hydrogen-bond acceptors (Lipinski definition) is 4. The van der Waals surface area contributed by atoms with E-state index in [0.717, 1.165) is 34.7 Å². The van der Waals surface area contributed by atoms with E-state index in [9.17, 15) is 0 Å². The van der Waals surface area contributed by atoms with Crippen molar-refractivity contribution < 1.29 is 9.47 Å². The molecule has 1 saturated heterocycles. The summed E-state index contributed by atoms with van der Waals surface area (Å²) in [7, 11) is 1.68. The number of benzene rings is 3. The average Bonchev–Trinajstić information content (AvgIpc) is 3.69. The van der Waals surface area contributed by atoms with Crippen LogP contribution in [-0.4, -0.2) is 26.0 Å². The molecule has 4 nitrogen and oxygen atoms in total. The lowest BCUT2D eigenvalue weighted by molar-refractivity contribution is 0.124. The Bertz CT molecular complexity index is 1190. The predicted molar refractivity (Wildman–Crippen MR) is 145 cm³/mol. The van der Waals surface area contributed by atoms with E-state index in [1.54, 1.807) is 7.11 Å². The topological polar surface area (TPSA) is 52.8 Å². The average molecular weight is 467 g/mol. The van der Waals surface area contributed by atoms with Gasteiger partial charge in [0, 0.05) is 6.54 Å². The molecular weight excluding hydrogens is 432 g/mol. The Kier molecular flexibility index (Phi) is 7.96. The number of allylic oxidation sites excluding steroid dienone is 1. The number of hydrogen-bond donors (Lipinski definition) is 1. The van der Waals surface area contributed by atoms with Crippen LogP contribution in [0, 0.1) is 0 Å². The highest BCUT2D eigenvalue weighted by Gasteiger charge is 2.45. The third-order valence-electron chi connectivity index (χ3n) is 6.34. The summed E-state index contributed by atoms with van der Waals surface area (Å²) in [6.45, 7) is 7.68. The SMILES string of the molecule is COc1ccc(/C=C/COC(/C(=N/C2(c3ccccc3)CN2)C(C)=C(C)C)c2ccccc2)cc1. The summed E-state index contributed by atoms with van der Waals surface area (Å²) in [4.78, 5) is 5.33. The van der Waals surface area contributed by atoms with Crippen LogP contribution in [0.5, 0.6) is 5.75 Å². The van der Waals surface area contributed by atoms with Crippen molar-refractivity contribution in [1.82, 2.24) is 5.32 Å². The van der Waals surface area contributed by atoms with Crippen molar-refractivity contribution in [3.63, 3.8) is 0 Å². The second kappa shape index (κ2) is 11.3. The zero-order valence-corrected chi connectivity index (χ0v) is 21.0. The number of nitrogens with one attached hydrogen (secondary N) is 1. The monoisotopic (exact) mass is 466 g/mol. The Labute approximate surface area is 209 Å². The summed E-state index contributed by atoms with van der Waals surface area (Å²) in [6, 6.07) is 28.8. The minimum atomic E-state index is -0.400. The van der Waals surface area contributed by atoms with Gasteiger partial charge in [0.1, 0.15) is 17.5 Å². The third-order valence-corrected chi connectivity index (χ3v) is 6.34. The minimum Gasteiger partial charge on any atom is -0.497 e. The van der Waals surface area contributed by atoms with Crippen LogP contribution in [0.4, 0.5) is 0 Å². The Balaban J connectivity index is 1.64. The van der Waals surface area contributed by atoms with E-state index in [1.807, 2.05) is 36.4 Å². The summed E-state index contributed by atoms with van der Waals surface area (Å²) < 4.78 is 11.8. The van der Waals surface area contributed by atoms with Gasteiger partial charge in [-0.2, -0.15) is 0 Å². The molecule has 4 rings (SSSR count). The zero-order chi connectivity index (χ0) is 24.7. The summed E-state index contributed by atoms with van der Waals surface area (Å²) in [6.07, 6.45) is 3.84. The van der Waals surface area contributed by atoms with E-state index in [1.165, 1.54) is 11.1 Å². The van der Waals surface area contributed by atoms with Crippen LogP contribution in [0.15, 0.2) is 107 Å². The van der Waals surface area contributed by atoms with Gasteiger partial charge in [-0.1, -0.05) is 90.5 Å². The predicted octanol–water partition coefficient (Wildman–Crippen LogP) is 6.72. The van der Waals surface area contributed by atoms with Crippen molar-refractivity contribution in [2.75, 3.05) is 20.3 Å². The van der Waals surface area contributed by atoms with Crippen molar-refractivity contribution in [1.29, 1.82) is 0 Å². The molecule has 1 aliphatic heterocycles. The summed E-state index contributed by atoms with van der Waals surface area (Å²) >= 11 is 0. The standard InChI is InChI=1S/C31H34N2O2/c1-23(2)24(3)29(33-31(22-32-31)27-15-9-6-10-16-27)30(26-13-7-5-8-14-26)35-21-11-12-25-17-19-28(34-4)20-18-25/h5-20,30,32H,21-22H2,1-4H3/b12-11+,33-29+. The van der Waals surface area contributed by atoms with Gasteiger partial charge < -0.3 is 9.47 Å². The molecule has 0 radical (unpaired) electrons. The fourth-order valence-corrected chi connectivity index (χ4v) is 3.96. The van der Waals surface area contributed by atoms with Gasteiger partial charge in [-0.25, -0.2) is 0 Å². The van der Waals surface area contributed by atoms with Crippen LogP contribution >= 0.6 is 0 Å². The second-order valence-corrected chi connectivity index (χ2v) is 9.00. The van der Waals surface area contributed by atoms with Gasteiger partial charge in [0.25, 0.3) is 0 Å². The molecule has 4 heteroatoms. The van der Waals surface area contributed by atoms with Gasteiger partial charge in [0.15, 0.2) is 0 Å². The van der Waals surface area contributed by atoms with Crippen molar-refractivity contribution in [2.45, 2.75) is 32.5 Å². The van der Waals surface area contributed by atoms with Crippen LogP contribution < -0.4 is 10.1 Å². The number of rotatable bonds is 10. The van der Waals surface area contributed by atoms with Crippen LogP contribution in [-0.2, 0) is 10.4 Å². The first-order valence-corrected chi connectivity index (χ1v) is 12.0. The minimum absolute atomic E-state index is 0.283. The van der Waals surface area contributed by atoms with Crippen molar-refractivity contribution in [3.8, 4) is 5.75 Å². The van der Waals surface area contributed by atoms with Crippen LogP contribution in [0.2, 0.25) is 0 Å². The molecule has 0 spiro atoms. The van der Waals surface area contributed by atoms with Crippen LogP contribution in [0.3, 0.4) is 0 Å². The Morgan fingerprint density at radius 3 is 2.14 bits per heavy atom. The lowest BCUT2D eigenvalue weighted by atomic mass is 9.96. The van der Waals surface area contributed by atoms with Crippen molar-refractivity contribution >= 4 is 11.8 Å². The molecule has 2 unspecified atom stereocenters. The molecule has 2 atom stereocenters. The molecule has 0 saturated carbocycles. The lowest BCUT2D eigenvalue weighted by Crippen LogP contribution is -2.23. The van der Waals surface area contributed by atoms with Gasteiger partial charge in [-0.15, -0.1) is 0 Å². The molecule has 0 amide bonds. The van der Waals surface area contributed by atoms with Gasteiger partial charge in [0.05, 0.1) is 19.4 Å². The Morgan fingerprint density at radius 2 is 1.57 bits per heavy atom. The molecule has 35 heavy (non-hydrogen) atoms. The first-order valence-electron chi connectivity index (χ1n) is 12.0. The maximum absolute atomic E-state index is 6.53. The summed E-state index contributed by atoms with van der Waals surface area (Å²) in [5.41, 5.74) is 6.31. The maximum Gasteiger partial charge on any atom is 0.149 e. The van der Waals surface area contributed by atoms with Gasteiger partial charge in [0.2, 0.25) is 0 Å². The van der Waals surface area contributed by atoms with Crippen molar-refractivity contribution in [2.24, 2.45) is 4.99 Å². The number of nitrogens with zero attached hydrogens (tertiary/aromatic N) is 1. The van der Waals surface area contributed by atoms with E-state index in [2.05, 4.69) is 86.8 Å². The number of methoxy groups -OCH3 is 1. The fourth-order valence-electron chi connectivity index (χ4n) is 3.96. The maximum atomic E-state index is 6.53. The lowest BCUT2D eigenvalue weighted by Gasteiger charge is -2.24. The van der Waals surface area contributed by atoms with Crippen LogP contribution in [0.25, 0.3) is 6.08 Å². The molecule has 3 aromatic rings. The van der Waals surface area contributed by atoms with E-state index in [0.29, 0.717) is 6.61 Å². The smallest absolute Gasteiger partial charge is 0.149 e. The highest BCUT2D eigenvalue weighted by molar-refractivity contribution is 6.04. The molecule has 1 N–H and O–H groups in total. The van der Waals surface area contributed by atoms with Crippen LogP contribution in [0.1, 0.15) is 43.6 Å². The molecule has 1 aliphatic rings. The van der Waals surface area contributed by atoms with Gasteiger partial charge in [-0.05, 0) is 55.2 Å². The Morgan fingerprint density at radius 1 is 0.943 bits per heavy atom. The molecule has 180 valence electrons. The second-order valence-electron chi connectivity index (χ2n) is 9.00. The van der Waals surface area contributed by atoms with E-state index in [4.69, 9.17) is 14.5 Å². The summed E-state index contributed by atoms with van der Waals surface area (Å²) in [5.74, 6) is 0.849. The fraction of sp³-hybridized carbons (Fsp3) is 0.258. The van der Waals surface area contributed by atoms with Gasteiger partial charge in [-0.3, -0.25) is 10.3 Å². The molecule has 1 heterocycles. The zero-order valence-electron chi connectivity index (χ0n) is 21.0. The molecule has 0 aliphatic carbocycles. The Hall–Kier alpha value is -3.47. The molecule has 0 aromatic heterocycles. The first kappa shape index (κ1) is 24.6. The normalized spacial score (nSPS) is 18.3. The number of aliphatic imine (C=N–C) groups is 1. The van der Waals surface area contributed by atoms with Crippen molar-refractivity contribution in [3.05, 3.63) is 119 Å². The molecule has 3 aromatic carbocycles. The first-order chi connectivity index (χ1) is 17.0. The molecule has 0 bridgehead atoms.